The number of rotatable bonds is 1. The fourth-order valence-corrected chi connectivity index (χ4v) is 0.618. The SMILES string of the molecule is CN(C)c1ccccn1.F. The van der Waals surface area contributed by atoms with E-state index in [4.69, 9.17) is 0 Å². The van der Waals surface area contributed by atoms with E-state index in [1.807, 2.05) is 37.2 Å². The fraction of sp³-hybridized carbons (Fsp3) is 0.286. The van der Waals surface area contributed by atoms with Gasteiger partial charge in [0, 0.05) is 20.3 Å². The van der Waals surface area contributed by atoms with Crippen molar-refractivity contribution in [3.05, 3.63) is 24.4 Å². The lowest BCUT2D eigenvalue weighted by molar-refractivity contribution is 1.07. The molecule has 3 heteroatoms. The third-order valence-corrected chi connectivity index (χ3v) is 1.11. The summed E-state index contributed by atoms with van der Waals surface area (Å²) in [5.74, 6) is 0.998. The second-order valence-corrected chi connectivity index (χ2v) is 2.08. The molecule has 0 aromatic carbocycles. The Hall–Kier alpha value is -1.12. The molecule has 0 unspecified atom stereocenters. The van der Waals surface area contributed by atoms with Crippen molar-refractivity contribution in [2.75, 3.05) is 19.0 Å². The van der Waals surface area contributed by atoms with Crippen molar-refractivity contribution in [1.82, 2.24) is 4.98 Å². The van der Waals surface area contributed by atoms with Gasteiger partial charge in [-0.25, -0.2) is 4.98 Å². The Kier molecular flexibility index (Phi) is 3.39. The van der Waals surface area contributed by atoms with Crippen LogP contribution in [-0.2, 0) is 0 Å². The molecule has 0 amide bonds. The Bertz CT molecular complexity index is 174. The normalized spacial score (nSPS) is 8.20. The van der Waals surface area contributed by atoms with Gasteiger partial charge in [-0.2, -0.15) is 0 Å². The third kappa shape index (κ3) is 2.01. The van der Waals surface area contributed by atoms with Crippen molar-refractivity contribution >= 4 is 5.82 Å². The monoisotopic (exact) mass is 142 g/mol. The van der Waals surface area contributed by atoms with Crippen molar-refractivity contribution in [2.45, 2.75) is 0 Å². The Balaban J connectivity index is 0.000000810. The smallest absolute Gasteiger partial charge is 0.127 e. The largest absolute Gasteiger partial charge is 0.363 e. The first-order chi connectivity index (χ1) is 4.30. The van der Waals surface area contributed by atoms with Crippen molar-refractivity contribution in [2.24, 2.45) is 0 Å². The van der Waals surface area contributed by atoms with E-state index < -0.39 is 0 Å². The van der Waals surface area contributed by atoms with Crippen molar-refractivity contribution in [1.29, 1.82) is 0 Å². The molecule has 10 heavy (non-hydrogen) atoms. The number of aromatic nitrogens is 1. The van der Waals surface area contributed by atoms with Gasteiger partial charge in [-0.15, -0.1) is 0 Å². The molecule has 0 bridgehead atoms. The van der Waals surface area contributed by atoms with Crippen LogP contribution in [-0.4, -0.2) is 19.1 Å². The first kappa shape index (κ1) is 8.88. The van der Waals surface area contributed by atoms with Crippen molar-refractivity contribution in [3.8, 4) is 0 Å². The quantitative estimate of drug-likeness (QED) is 0.587. The number of hydrogen-bond acceptors (Lipinski definition) is 2. The molecule has 0 fully saturated rings. The lowest BCUT2D eigenvalue weighted by Gasteiger charge is -2.08. The molecule has 0 radical (unpaired) electrons. The molecule has 0 aliphatic heterocycles. The summed E-state index contributed by atoms with van der Waals surface area (Å²) in [6.45, 7) is 0. The van der Waals surface area contributed by atoms with Crippen LogP contribution in [0, 0.1) is 0 Å². The molecule has 0 N–H and O–H groups in total. The third-order valence-electron chi connectivity index (χ3n) is 1.11. The standard InChI is InChI=1S/C7H10N2.FH/c1-9(2)7-5-3-4-6-8-7;/h3-6H,1-2H3;1H. The molecule has 0 saturated heterocycles. The highest BCUT2D eigenvalue weighted by Gasteiger charge is 1.89. The zero-order valence-electron chi connectivity index (χ0n) is 6.11. The predicted octanol–water partition coefficient (Wildman–Crippen LogP) is 1.30. The van der Waals surface area contributed by atoms with Crippen LogP contribution in [0.3, 0.4) is 0 Å². The molecule has 0 saturated carbocycles. The molecular formula is C7H11FN2. The average Bonchev–Trinajstić information content (AvgIpc) is 1.90. The van der Waals surface area contributed by atoms with Gasteiger partial charge in [0.1, 0.15) is 5.82 Å². The molecular weight excluding hydrogens is 131 g/mol. The second-order valence-electron chi connectivity index (χ2n) is 2.08. The molecule has 1 aromatic rings. The summed E-state index contributed by atoms with van der Waals surface area (Å²) in [6.07, 6.45) is 1.79. The van der Waals surface area contributed by atoms with E-state index in [2.05, 4.69) is 4.98 Å². The number of pyridine rings is 1. The molecule has 56 valence electrons. The van der Waals surface area contributed by atoms with Crippen molar-refractivity contribution < 1.29 is 4.70 Å². The summed E-state index contributed by atoms with van der Waals surface area (Å²) in [5, 5.41) is 0. The van der Waals surface area contributed by atoms with E-state index in [0.717, 1.165) is 5.82 Å². The molecule has 0 aliphatic carbocycles. The average molecular weight is 142 g/mol. The van der Waals surface area contributed by atoms with Gasteiger partial charge in [0.15, 0.2) is 0 Å². The van der Waals surface area contributed by atoms with E-state index in [0.29, 0.717) is 0 Å². The van der Waals surface area contributed by atoms with Gasteiger partial charge >= 0.3 is 0 Å². The van der Waals surface area contributed by atoms with Crippen LogP contribution in [0.25, 0.3) is 0 Å². The van der Waals surface area contributed by atoms with Gasteiger partial charge in [0.05, 0.1) is 0 Å². The fourth-order valence-electron chi connectivity index (χ4n) is 0.618. The zero-order chi connectivity index (χ0) is 6.69. The summed E-state index contributed by atoms with van der Waals surface area (Å²) in [6, 6.07) is 5.86. The van der Waals surface area contributed by atoms with Gasteiger partial charge in [0.2, 0.25) is 0 Å². The van der Waals surface area contributed by atoms with Gasteiger partial charge in [-0.3, -0.25) is 4.70 Å². The Morgan fingerprint density at radius 1 is 1.30 bits per heavy atom. The molecule has 0 aliphatic rings. The lowest BCUT2D eigenvalue weighted by atomic mass is 10.4. The minimum atomic E-state index is 0. The second kappa shape index (κ2) is 3.82. The highest BCUT2D eigenvalue weighted by Crippen LogP contribution is 2.02. The molecule has 0 spiro atoms. The summed E-state index contributed by atoms with van der Waals surface area (Å²) >= 11 is 0. The van der Waals surface area contributed by atoms with Crippen LogP contribution in [0.5, 0.6) is 0 Å². The summed E-state index contributed by atoms with van der Waals surface area (Å²) in [5.41, 5.74) is 0. The molecule has 2 nitrogen and oxygen atoms in total. The van der Waals surface area contributed by atoms with Gasteiger partial charge < -0.3 is 4.90 Å². The maximum absolute atomic E-state index is 4.10. The molecule has 0 atom stereocenters. The van der Waals surface area contributed by atoms with Crippen molar-refractivity contribution in [3.63, 3.8) is 0 Å². The van der Waals surface area contributed by atoms with Crippen LogP contribution < -0.4 is 4.90 Å². The van der Waals surface area contributed by atoms with Gasteiger partial charge in [-0.1, -0.05) is 6.07 Å². The Morgan fingerprint density at radius 2 is 2.00 bits per heavy atom. The van der Waals surface area contributed by atoms with Crippen LogP contribution in [0.15, 0.2) is 24.4 Å². The van der Waals surface area contributed by atoms with E-state index in [1.54, 1.807) is 6.20 Å². The first-order valence-corrected chi connectivity index (χ1v) is 2.89. The topological polar surface area (TPSA) is 16.1 Å². The number of halogens is 1. The Labute approximate surface area is 59.9 Å². The maximum atomic E-state index is 4.10. The van der Waals surface area contributed by atoms with Gasteiger partial charge in [-0.05, 0) is 12.1 Å². The number of hydrogen-bond donors (Lipinski definition) is 0. The van der Waals surface area contributed by atoms with E-state index >= 15 is 0 Å². The highest BCUT2D eigenvalue weighted by molar-refractivity contribution is 5.34. The molecule has 1 rings (SSSR count). The summed E-state index contributed by atoms with van der Waals surface area (Å²) < 4.78 is 0. The predicted molar refractivity (Wildman–Crippen MR) is 41.1 cm³/mol. The lowest BCUT2D eigenvalue weighted by Crippen LogP contribution is -2.09. The summed E-state index contributed by atoms with van der Waals surface area (Å²) in [7, 11) is 3.95. The summed E-state index contributed by atoms with van der Waals surface area (Å²) in [4.78, 5) is 6.08. The number of anilines is 1. The molecule has 1 aromatic heterocycles. The maximum Gasteiger partial charge on any atom is 0.127 e. The van der Waals surface area contributed by atoms with Crippen LogP contribution >= 0.6 is 0 Å². The minimum absolute atomic E-state index is 0. The van der Waals surface area contributed by atoms with E-state index in [-0.39, 0.29) is 4.70 Å². The first-order valence-electron chi connectivity index (χ1n) is 2.89. The van der Waals surface area contributed by atoms with Crippen LogP contribution in [0.4, 0.5) is 10.5 Å². The van der Waals surface area contributed by atoms with E-state index in [1.165, 1.54) is 0 Å². The van der Waals surface area contributed by atoms with E-state index in [9.17, 15) is 0 Å². The Morgan fingerprint density at radius 3 is 2.30 bits per heavy atom. The minimum Gasteiger partial charge on any atom is -0.363 e. The number of nitrogens with zero attached hydrogens (tertiary/aromatic N) is 2. The van der Waals surface area contributed by atoms with Crippen LogP contribution in [0.2, 0.25) is 0 Å². The zero-order valence-corrected chi connectivity index (χ0v) is 6.11. The molecule has 1 heterocycles. The van der Waals surface area contributed by atoms with Gasteiger partial charge in [0.25, 0.3) is 0 Å². The highest BCUT2D eigenvalue weighted by atomic mass is 19.0. The van der Waals surface area contributed by atoms with Crippen LogP contribution in [0.1, 0.15) is 0 Å².